The third-order valence-corrected chi connectivity index (χ3v) is 6.53. The van der Waals surface area contributed by atoms with E-state index in [0.29, 0.717) is 25.4 Å². The van der Waals surface area contributed by atoms with Crippen LogP contribution < -0.4 is 11.1 Å². The van der Waals surface area contributed by atoms with E-state index >= 15 is 0 Å². The Morgan fingerprint density at radius 3 is 2.31 bits per heavy atom. The standard InChI is InChI=1S/C28H29N.C4H10N2O/c1-19(2)27(24-15-14-20(3)21(4)16-24)28-25(17-22-10-6-5-7-11-22)18-23-12-8-9-13-26(23)29-28;5-2-1-3-6-4-7/h5-16,18-19,27H,17H2,1-4H3;4H,1-3,5H2,(H,6,7). The fourth-order valence-electron chi connectivity index (χ4n) is 4.48. The van der Waals surface area contributed by atoms with Crippen LogP contribution in [0.5, 0.6) is 0 Å². The summed E-state index contributed by atoms with van der Waals surface area (Å²) in [5.41, 5.74) is 14.1. The second-order valence-corrected chi connectivity index (χ2v) is 9.67. The van der Waals surface area contributed by atoms with Crippen molar-refractivity contribution in [2.75, 3.05) is 13.1 Å². The molecule has 1 amide bonds. The summed E-state index contributed by atoms with van der Waals surface area (Å²) in [5.74, 6) is 0.734. The van der Waals surface area contributed by atoms with Crippen LogP contribution in [-0.4, -0.2) is 24.5 Å². The Kier molecular flexibility index (Phi) is 10.2. The quantitative estimate of drug-likeness (QED) is 0.217. The van der Waals surface area contributed by atoms with Gasteiger partial charge in [-0.15, -0.1) is 0 Å². The number of aromatic nitrogens is 1. The van der Waals surface area contributed by atoms with Crippen LogP contribution in [0.3, 0.4) is 0 Å². The average molecular weight is 482 g/mol. The number of nitrogens with zero attached hydrogens (tertiary/aromatic N) is 1. The lowest BCUT2D eigenvalue weighted by Crippen LogP contribution is -2.15. The van der Waals surface area contributed by atoms with Gasteiger partial charge in [-0.3, -0.25) is 9.78 Å². The number of fused-ring (bicyclic) bond motifs is 1. The molecular formula is C32H39N3O. The molecular weight excluding hydrogens is 442 g/mol. The van der Waals surface area contributed by atoms with Gasteiger partial charge in [0.1, 0.15) is 0 Å². The highest BCUT2D eigenvalue weighted by atomic mass is 16.1. The molecule has 0 aliphatic rings. The number of nitrogens with two attached hydrogens (primary N) is 1. The van der Waals surface area contributed by atoms with E-state index in [4.69, 9.17) is 10.7 Å². The molecule has 0 aliphatic heterocycles. The minimum absolute atomic E-state index is 0.276. The fraction of sp³-hybridized carbons (Fsp3) is 0.312. The molecule has 0 bridgehead atoms. The number of hydrogen-bond donors (Lipinski definition) is 2. The van der Waals surface area contributed by atoms with E-state index in [1.807, 2.05) is 0 Å². The van der Waals surface area contributed by atoms with E-state index in [1.165, 1.54) is 38.9 Å². The van der Waals surface area contributed by atoms with E-state index in [2.05, 4.69) is 112 Å². The number of carbonyl (C=O) groups excluding carboxylic acids is 1. The van der Waals surface area contributed by atoms with Gasteiger partial charge in [0, 0.05) is 17.8 Å². The molecule has 0 aliphatic carbocycles. The molecule has 3 N–H and O–H groups in total. The summed E-state index contributed by atoms with van der Waals surface area (Å²) in [6.07, 6.45) is 2.44. The first-order chi connectivity index (χ1) is 17.4. The minimum Gasteiger partial charge on any atom is -0.359 e. The van der Waals surface area contributed by atoms with E-state index < -0.39 is 0 Å². The van der Waals surface area contributed by atoms with Crippen LogP contribution in [0, 0.1) is 19.8 Å². The molecule has 3 aromatic carbocycles. The predicted octanol–water partition coefficient (Wildman–Crippen LogP) is 6.31. The molecule has 1 atom stereocenters. The molecule has 4 rings (SSSR count). The Labute approximate surface area is 216 Å². The fourth-order valence-corrected chi connectivity index (χ4v) is 4.48. The summed E-state index contributed by atoms with van der Waals surface area (Å²) in [6.45, 7) is 10.3. The topological polar surface area (TPSA) is 68.0 Å². The van der Waals surface area contributed by atoms with E-state index in [9.17, 15) is 4.79 Å². The lowest BCUT2D eigenvalue weighted by atomic mass is 9.81. The Morgan fingerprint density at radius 1 is 0.917 bits per heavy atom. The number of carbonyl (C=O) groups is 1. The maximum atomic E-state index is 9.53. The van der Waals surface area contributed by atoms with Crippen LogP contribution in [0.4, 0.5) is 0 Å². The van der Waals surface area contributed by atoms with E-state index in [-0.39, 0.29) is 5.92 Å². The molecule has 0 saturated heterocycles. The summed E-state index contributed by atoms with van der Waals surface area (Å²) in [4.78, 5) is 14.7. The third-order valence-electron chi connectivity index (χ3n) is 6.53. The lowest BCUT2D eigenvalue weighted by Gasteiger charge is -2.25. The minimum atomic E-state index is 0.276. The number of para-hydroxylation sites is 1. The van der Waals surface area contributed by atoms with Gasteiger partial charge in [-0.2, -0.15) is 0 Å². The van der Waals surface area contributed by atoms with Crippen LogP contribution in [0.2, 0.25) is 0 Å². The maximum Gasteiger partial charge on any atom is 0.207 e. The highest BCUT2D eigenvalue weighted by molar-refractivity contribution is 5.79. The Balaban J connectivity index is 0.000000454. The van der Waals surface area contributed by atoms with Crippen molar-refractivity contribution in [2.24, 2.45) is 11.7 Å². The normalized spacial score (nSPS) is 11.6. The maximum absolute atomic E-state index is 9.53. The number of hydrogen-bond acceptors (Lipinski definition) is 3. The SMILES string of the molecule is Cc1ccc(C(c2nc3ccccc3cc2Cc2ccccc2)C(C)C)cc1C.NCCCNC=O. The first-order valence-electron chi connectivity index (χ1n) is 12.8. The number of amides is 1. The van der Waals surface area contributed by atoms with Gasteiger partial charge in [0.15, 0.2) is 0 Å². The second-order valence-electron chi connectivity index (χ2n) is 9.67. The Bertz CT molecular complexity index is 1250. The zero-order valence-electron chi connectivity index (χ0n) is 22.0. The van der Waals surface area contributed by atoms with Crippen LogP contribution in [-0.2, 0) is 11.2 Å². The van der Waals surface area contributed by atoms with Crippen molar-refractivity contribution >= 4 is 17.3 Å². The molecule has 1 heterocycles. The lowest BCUT2D eigenvalue weighted by molar-refractivity contribution is -0.109. The summed E-state index contributed by atoms with van der Waals surface area (Å²) in [7, 11) is 0. The highest BCUT2D eigenvalue weighted by Crippen LogP contribution is 2.35. The highest BCUT2D eigenvalue weighted by Gasteiger charge is 2.24. The summed E-state index contributed by atoms with van der Waals surface area (Å²) >= 11 is 0. The molecule has 0 spiro atoms. The third kappa shape index (κ3) is 7.25. The van der Waals surface area contributed by atoms with Crippen molar-refractivity contribution in [1.29, 1.82) is 0 Å². The van der Waals surface area contributed by atoms with Crippen molar-refractivity contribution in [3.63, 3.8) is 0 Å². The van der Waals surface area contributed by atoms with E-state index in [1.54, 1.807) is 0 Å². The van der Waals surface area contributed by atoms with Crippen LogP contribution in [0.25, 0.3) is 10.9 Å². The van der Waals surface area contributed by atoms with Gasteiger partial charge >= 0.3 is 0 Å². The first-order valence-corrected chi connectivity index (χ1v) is 12.8. The molecule has 0 radical (unpaired) electrons. The largest absolute Gasteiger partial charge is 0.359 e. The van der Waals surface area contributed by atoms with Gasteiger partial charge < -0.3 is 11.1 Å². The Hall–Kier alpha value is -3.50. The summed E-state index contributed by atoms with van der Waals surface area (Å²) in [5, 5.41) is 3.70. The van der Waals surface area contributed by atoms with Crippen molar-refractivity contribution in [3.8, 4) is 0 Å². The van der Waals surface area contributed by atoms with Crippen LogP contribution in [0.1, 0.15) is 59.7 Å². The van der Waals surface area contributed by atoms with Crippen molar-refractivity contribution in [1.82, 2.24) is 10.3 Å². The molecule has 0 fully saturated rings. The molecule has 4 heteroatoms. The number of rotatable bonds is 9. The molecule has 4 nitrogen and oxygen atoms in total. The van der Waals surface area contributed by atoms with Gasteiger partial charge in [0.25, 0.3) is 0 Å². The number of nitrogens with one attached hydrogen (secondary N) is 1. The molecule has 0 saturated carbocycles. The zero-order valence-corrected chi connectivity index (χ0v) is 22.0. The van der Waals surface area contributed by atoms with E-state index in [0.717, 1.165) is 18.4 Å². The molecule has 1 aromatic heterocycles. The summed E-state index contributed by atoms with van der Waals surface area (Å²) in [6, 6.07) is 28.4. The number of benzene rings is 3. The average Bonchev–Trinajstić information content (AvgIpc) is 2.88. The van der Waals surface area contributed by atoms with Crippen molar-refractivity contribution in [2.45, 2.75) is 46.5 Å². The molecule has 1 unspecified atom stereocenters. The zero-order chi connectivity index (χ0) is 25.9. The Morgan fingerprint density at radius 2 is 1.64 bits per heavy atom. The molecule has 188 valence electrons. The predicted molar refractivity (Wildman–Crippen MR) is 151 cm³/mol. The first kappa shape index (κ1) is 27.1. The number of aryl methyl sites for hydroxylation is 2. The second kappa shape index (κ2) is 13.6. The van der Waals surface area contributed by atoms with Crippen LogP contribution >= 0.6 is 0 Å². The van der Waals surface area contributed by atoms with Gasteiger partial charge in [-0.05, 0) is 79.1 Å². The van der Waals surface area contributed by atoms with Crippen molar-refractivity contribution < 1.29 is 4.79 Å². The summed E-state index contributed by atoms with van der Waals surface area (Å²) < 4.78 is 0. The molecule has 4 aromatic rings. The monoisotopic (exact) mass is 481 g/mol. The smallest absolute Gasteiger partial charge is 0.207 e. The number of pyridine rings is 1. The van der Waals surface area contributed by atoms with Gasteiger partial charge in [0.05, 0.1) is 11.2 Å². The molecule has 36 heavy (non-hydrogen) atoms. The van der Waals surface area contributed by atoms with Gasteiger partial charge in [-0.1, -0.05) is 80.6 Å². The van der Waals surface area contributed by atoms with Gasteiger partial charge in [0.2, 0.25) is 6.41 Å². The van der Waals surface area contributed by atoms with Crippen molar-refractivity contribution in [3.05, 3.63) is 112 Å². The van der Waals surface area contributed by atoms with Gasteiger partial charge in [-0.25, -0.2) is 0 Å². The van der Waals surface area contributed by atoms with Crippen LogP contribution in [0.15, 0.2) is 78.9 Å².